The molecule has 0 radical (unpaired) electrons. The third-order valence-corrected chi connectivity index (χ3v) is 1.42. The molecule has 0 fully saturated rings. The molecule has 50 valence electrons. The maximum Gasteiger partial charge on any atom is 0.176 e. The Morgan fingerprint density at radius 1 is 1.50 bits per heavy atom. The van der Waals surface area contributed by atoms with Crippen molar-refractivity contribution in [3.63, 3.8) is 0 Å². The number of rotatable bonds is 1. The van der Waals surface area contributed by atoms with Crippen LogP contribution in [-0.4, -0.2) is 9.97 Å². The number of nitroso groups, excluding NO2 is 1. The van der Waals surface area contributed by atoms with Crippen molar-refractivity contribution in [1.82, 2.24) is 9.97 Å². The Kier molecular flexibility index (Phi) is 0.887. The van der Waals surface area contributed by atoms with Gasteiger partial charge in [-0.1, -0.05) is 0 Å². The number of fused-ring (bicyclic) bond motifs is 1. The topological polar surface area (TPSA) is 61.0 Å². The summed E-state index contributed by atoms with van der Waals surface area (Å²) in [5.74, 6) is 0.363. The van der Waals surface area contributed by atoms with E-state index >= 15 is 0 Å². The Balaban J connectivity index is 2.78. The van der Waals surface area contributed by atoms with Crippen molar-refractivity contribution in [2.24, 2.45) is 5.18 Å². The number of nitrogens with one attached hydrogen (secondary N) is 2. The lowest BCUT2D eigenvalue weighted by molar-refractivity contribution is 1.31. The van der Waals surface area contributed by atoms with Crippen LogP contribution in [0.1, 0.15) is 0 Å². The molecular formula is C6H5N3O. The van der Waals surface area contributed by atoms with E-state index in [1.165, 1.54) is 0 Å². The van der Waals surface area contributed by atoms with Gasteiger partial charge in [0.2, 0.25) is 0 Å². The normalized spacial score (nSPS) is 10.4. The fourth-order valence-corrected chi connectivity index (χ4v) is 0.971. The van der Waals surface area contributed by atoms with Crippen LogP contribution < -0.4 is 0 Å². The molecule has 0 atom stereocenters. The van der Waals surface area contributed by atoms with Crippen molar-refractivity contribution in [2.45, 2.75) is 0 Å². The first kappa shape index (κ1) is 5.22. The van der Waals surface area contributed by atoms with Crippen LogP contribution in [0.3, 0.4) is 0 Å². The molecule has 2 rings (SSSR count). The van der Waals surface area contributed by atoms with Crippen molar-refractivity contribution >= 4 is 16.9 Å². The highest BCUT2D eigenvalue weighted by atomic mass is 16.3. The highest BCUT2D eigenvalue weighted by Crippen LogP contribution is 2.18. The van der Waals surface area contributed by atoms with Gasteiger partial charge in [0.1, 0.15) is 5.65 Å². The van der Waals surface area contributed by atoms with Crippen LogP contribution in [0.15, 0.2) is 23.5 Å². The van der Waals surface area contributed by atoms with Gasteiger partial charge >= 0.3 is 0 Å². The maximum atomic E-state index is 9.98. The summed E-state index contributed by atoms with van der Waals surface area (Å²) in [7, 11) is 0. The van der Waals surface area contributed by atoms with E-state index in [0.717, 1.165) is 11.0 Å². The molecule has 4 nitrogen and oxygen atoms in total. The summed E-state index contributed by atoms with van der Waals surface area (Å²) < 4.78 is 0. The zero-order valence-electron chi connectivity index (χ0n) is 5.09. The number of aromatic nitrogens is 2. The van der Waals surface area contributed by atoms with E-state index < -0.39 is 0 Å². The molecule has 0 aliphatic heterocycles. The molecule has 4 heteroatoms. The van der Waals surface area contributed by atoms with Gasteiger partial charge in [-0.3, -0.25) is 0 Å². The molecule has 0 aliphatic rings. The van der Waals surface area contributed by atoms with Crippen LogP contribution in [0.4, 0.5) is 5.82 Å². The highest BCUT2D eigenvalue weighted by molar-refractivity contribution is 5.80. The summed E-state index contributed by atoms with van der Waals surface area (Å²) in [4.78, 5) is 15.7. The summed E-state index contributed by atoms with van der Waals surface area (Å²) >= 11 is 0. The molecule has 0 saturated carbocycles. The van der Waals surface area contributed by atoms with Crippen molar-refractivity contribution in [1.29, 1.82) is 0 Å². The van der Waals surface area contributed by atoms with Crippen molar-refractivity contribution in [3.05, 3.63) is 23.2 Å². The summed E-state index contributed by atoms with van der Waals surface area (Å²) in [5, 5.41) is 3.74. The second-order valence-corrected chi connectivity index (χ2v) is 2.05. The second kappa shape index (κ2) is 1.70. The Labute approximate surface area is 56.2 Å². The Bertz CT molecular complexity index is 331. The Hall–Kier alpha value is -1.58. The fraction of sp³-hybridized carbons (Fsp3) is 0. The number of aromatic amines is 2. The molecule has 10 heavy (non-hydrogen) atoms. The van der Waals surface area contributed by atoms with Gasteiger partial charge in [0.15, 0.2) is 5.82 Å². The van der Waals surface area contributed by atoms with Crippen molar-refractivity contribution in [2.75, 3.05) is 0 Å². The van der Waals surface area contributed by atoms with Gasteiger partial charge in [-0.05, 0) is 17.3 Å². The molecule has 2 N–H and O–H groups in total. The third kappa shape index (κ3) is 0.556. The minimum absolute atomic E-state index is 0.363. The Morgan fingerprint density at radius 3 is 3.10 bits per heavy atom. The predicted molar refractivity (Wildman–Crippen MR) is 38.1 cm³/mol. The van der Waals surface area contributed by atoms with Gasteiger partial charge in [0, 0.05) is 11.6 Å². The maximum absolute atomic E-state index is 9.98. The first-order valence-electron chi connectivity index (χ1n) is 2.89. The number of nitrogens with zero attached hydrogens (tertiary/aromatic N) is 1. The quantitative estimate of drug-likeness (QED) is 0.576. The monoisotopic (exact) mass is 135 g/mol. The Morgan fingerprint density at radius 2 is 2.40 bits per heavy atom. The first-order chi connectivity index (χ1) is 4.90. The van der Waals surface area contributed by atoms with E-state index in [0.29, 0.717) is 5.82 Å². The average Bonchev–Trinajstić information content (AvgIpc) is 2.42. The predicted octanol–water partition coefficient (Wildman–Crippen LogP) is 1.89. The molecule has 2 aromatic heterocycles. The fourth-order valence-electron chi connectivity index (χ4n) is 0.971. The minimum atomic E-state index is 0.363. The van der Waals surface area contributed by atoms with E-state index in [9.17, 15) is 4.91 Å². The van der Waals surface area contributed by atoms with Gasteiger partial charge in [-0.25, -0.2) is 0 Å². The lowest BCUT2D eigenvalue weighted by Crippen LogP contribution is -1.62. The van der Waals surface area contributed by atoms with E-state index in [4.69, 9.17) is 0 Å². The number of hydrogen-bond donors (Lipinski definition) is 2. The average molecular weight is 135 g/mol. The lowest BCUT2D eigenvalue weighted by Gasteiger charge is -1.74. The lowest BCUT2D eigenvalue weighted by atomic mass is 10.4. The van der Waals surface area contributed by atoms with Gasteiger partial charge in [-0.2, -0.15) is 0 Å². The van der Waals surface area contributed by atoms with Crippen LogP contribution in [0, 0.1) is 4.91 Å². The van der Waals surface area contributed by atoms with Crippen LogP contribution in [0.25, 0.3) is 11.0 Å². The van der Waals surface area contributed by atoms with E-state index in [1.807, 2.05) is 6.07 Å². The standard InChI is InChI=1S/C6H5N3O/c10-9-5-3-4-1-2-7-6(4)8-5/h1-3,7-8H. The van der Waals surface area contributed by atoms with Crippen molar-refractivity contribution in [3.8, 4) is 0 Å². The summed E-state index contributed by atoms with van der Waals surface area (Å²) in [5.41, 5.74) is 0.842. The summed E-state index contributed by atoms with van der Waals surface area (Å²) in [6.45, 7) is 0. The molecule has 0 saturated heterocycles. The molecule has 0 spiro atoms. The largest absolute Gasteiger partial charge is 0.348 e. The van der Waals surface area contributed by atoms with E-state index in [2.05, 4.69) is 15.1 Å². The molecular weight excluding hydrogens is 130 g/mol. The van der Waals surface area contributed by atoms with Gasteiger partial charge in [0.05, 0.1) is 0 Å². The molecule has 2 aromatic rings. The second-order valence-electron chi connectivity index (χ2n) is 2.05. The van der Waals surface area contributed by atoms with E-state index in [-0.39, 0.29) is 0 Å². The highest BCUT2D eigenvalue weighted by Gasteiger charge is 1.98. The smallest absolute Gasteiger partial charge is 0.176 e. The molecule has 0 unspecified atom stereocenters. The minimum Gasteiger partial charge on any atom is -0.348 e. The number of H-pyrrole nitrogens is 2. The van der Waals surface area contributed by atoms with Gasteiger partial charge in [-0.15, -0.1) is 4.91 Å². The SMILES string of the molecule is O=Nc1cc2cc[nH]c2[nH]1. The van der Waals surface area contributed by atoms with Gasteiger partial charge in [0.25, 0.3) is 0 Å². The van der Waals surface area contributed by atoms with Crippen LogP contribution in [0.5, 0.6) is 0 Å². The molecule has 0 bridgehead atoms. The molecule has 0 aromatic carbocycles. The summed E-state index contributed by atoms with van der Waals surface area (Å²) in [6, 6.07) is 3.57. The molecule has 0 aliphatic carbocycles. The number of hydrogen-bond acceptors (Lipinski definition) is 2. The third-order valence-electron chi connectivity index (χ3n) is 1.42. The van der Waals surface area contributed by atoms with E-state index in [1.54, 1.807) is 12.3 Å². The van der Waals surface area contributed by atoms with Gasteiger partial charge < -0.3 is 9.97 Å². The zero-order valence-corrected chi connectivity index (χ0v) is 5.09. The first-order valence-corrected chi connectivity index (χ1v) is 2.89. The summed E-state index contributed by atoms with van der Waals surface area (Å²) in [6.07, 6.45) is 1.80. The molecule has 0 amide bonds. The van der Waals surface area contributed by atoms with Crippen LogP contribution in [0.2, 0.25) is 0 Å². The van der Waals surface area contributed by atoms with Crippen LogP contribution >= 0.6 is 0 Å². The van der Waals surface area contributed by atoms with Crippen LogP contribution in [-0.2, 0) is 0 Å². The zero-order chi connectivity index (χ0) is 6.97. The molecule has 2 heterocycles. The van der Waals surface area contributed by atoms with Crippen molar-refractivity contribution < 1.29 is 0 Å².